The van der Waals surface area contributed by atoms with Crippen LogP contribution in [0, 0.1) is 18.3 Å². The van der Waals surface area contributed by atoms with Crippen LogP contribution in [0.3, 0.4) is 0 Å². The Labute approximate surface area is 245 Å². The molecule has 3 heterocycles. The number of hydrogen-bond acceptors (Lipinski definition) is 8. The first kappa shape index (κ1) is 29.8. The van der Waals surface area contributed by atoms with Crippen LogP contribution in [0.2, 0.25) is 0 Å². The molecule has 1 aromatic heterocycles. The van der Waals surface area contributed by atoms with Gasteiger partial charge in [-0.1, -0.05) is 49.5 Å². The third-order valence-corrected chi connectivity index (χ3v) is 8.61. The Bertz CT molecular complexity index is 1400. The summed E-state index contributed by atoms with van der Waals surface area (Å²) in [6, 6.07) is 9.89. The van der Waals surface area contributed by atoms with Gasteiger partial charge in [0.05, 0.1) is 24.2 Å². The van der Waals surface area contributed by atoms with Crippen LogP contribution in [0.4, 0.5) is 5.82 Å². The summed E-state index contributed by atoms with van der Waals surface area (Å²) in [6.07, 6.45) is 4.11. The van der Waals surface area contributed by atoms with Crippen molar-refractivity contribution in [3.63, 3.8) is 0 Å². The molecule has 1 aromatic carbocycles. The van der Waals surface area contributed by atoms with Crippen molar-refractivity contribution >= 4 is 46.1 Å². The molecule has 0 bridgehead atoms. The van der Waals surface area contributed by atoms with Crippen LogP contribution in [0.1, 0.15) is 55.9 Å². The van der Waals surface area contributed by atoms with Gasteiger partial charge in [-0.25, -0.2) is 0 Å². The second kappa shape index (κ2) is 13.0. The second-order valence-corrected chi connectivity index (χ2v) is 11.9. The van der Waals surface area contributed by atoms with Gasteiger partial charge in [-0.15, -0.1) is 0 Å². The van der Waals surface area contributed by atoms with Crippen molar-refractivity contribution in [3.05, 3.63) is 61.8 Å². The Hall–Kier alpha value is -3.13. The number of carbonyl (C=O) groups is 1. The molecular formula is C30H36N4O4S2. The Morgan fingerprint density at radius 3 is 2.45 bits per heavy atom. The van der Waals surface area contributed by atoms with Crippen LogP contribution in [0.15, 0.2) is 34.0 Å². The molecule has 2 atom stereocenters. The average molecular weight is 581 g/mol. The summed E-state index contributed by atoms with van der Waals surface area (Å²) in [7, 11) is 1.63. The van der Waals surface area contributed by atoms with Gasteiger partial charge in [0, 0.05) is 31.7 Å². The number of nitrogens with zero attached hydrogens (tertiary/aromatic N) is 4. The normalized spacial score (nSPS) is 20.4. The second-order valence-electron chi connectivity index (χ2n) is 10.3. The third-order valence-electron chi connectivity index (χ3n) is 7.23. The van der Waals surface area contributed by atoms with Gasteiger partial charge >= 0.3 is 0 Å². The molecule has 0 N–H and O–H groups in total. The predicted octanol–water partition coefficient (Wildman–Crippen LogP) is 4.89. The molecule has 0 radical (unpaired) electrons. The Morgan fingerprint density at radius 1 is 1.18 bits per heavy atom. The van der Waals surface area contributed by atoms with E-state index >= 15 is 0 Å². The fourth-order valence-corrected chi connectivity index (χ4v) is 6.51. The van der Waals surface area contributed by atoms with E-state index in [2.05, 4.69) is 17.9 Å². The number of aromatic nitrogens is 1. The van der Waals surface area contributed by atoms with Crippen LogP contribution < -0.4 is 15.2 Å². The first-order chi connectivity index (χ1) is 19.2. The number of hydrogen-bond donors (Lipinski definition) is 0. The lowest BCUT2D eigenvalue weighted by Crippen LogP contribution is -2.48. The smallest absolute Gasteiger partial charge is 0.270 e. The van der Waals surface area contributed by atoms with Gasteiger partial charge in [0.15, 0.2) is 0 Å². The van der Waals surface area contributed by atoms with Crippen molar-refractivity contribution in [2.45, 2.75) is 65.7 Å². The molecule has 1 amide bonds. The van der Waals surface area contributed by atoms with Gasteiger partial charge in [-0.2, -0.15) is 5.26 Å². The number of amides is 1. The molecule has 0 saturated carbocycles. The highest BCUT2D eigenvalue weighted by Gasteiger charge is 2.34. The molecule has 4 rings (SSSR count). The molecule has 212 valence electrons. The van der Waals surface area contributed by atoms with E-state index in [1.165, 1.54) is 11.8 Å². The summed E-state index contributed by atoms with van der Waals surface area (Å²) >= 11 is 6.87. The van der Waals surface area contributed by atoms with E-state index in [0.29, 0.717) is 53.0 Å². The molecule has 2 aromatic rings. The Morgan fingerprint density at radius 2 is 1.85 bits per heavy atom. The largest absolute Gasteiger partial charge is 0.497 e. The van der Waals surface area contributed by atoms with Crippen molar-refractivity contribution in [1.29, 1.82) is 5.26 Å². The quantitative estimate of drug-likeness (QED) is 0.306. The fourth-order valence-electron chi connectivity index (χ4n) is 5.22. The number of nitriles is 1. The van der Waals surface area contributed by atoms with Crippen molar-refractivity contribution in [1.82, 2.24) is 9.47 Å². The highest BCUT2D eigenvalue weighted by atomic mass is 32.2. The third kappa shape index (κ3) is 6.27. The van der Waals surface area contributed by atoms with Crippen molar-refractivity contribution in [2.24, 2.45) is 0 Å². The molecule has 2 aliphatic rings. The van der Waals surface area contributed by atoms with E-state index in [4.69, 9.17) is 21.7 Å². The van der Waals surface area contributed by atoms with Gasteiger partial charge < -0.3 is 14.4 Å². The minimum Gasteiger partial charge on any atom is -0.497 e. The van der Waals surface area contributed by atoms with E-state index in [1.54, 1.807) is 23.5 Å². The van der Waals surface area contributed by atoms with Crippen LogP contribution in [-0.4, -0.2) is 58.6 Å². The van der Waals surface area contributed by atoms with Gasteiger partial charge in [0.1, 0.15) is 27.5 Å². The van der Waals surface area contributed by atoms with Gasteiger partial charge in [-0.05, 0) is 62.9 Å². The predicted molar refractivity (Wildman–Crippen MR) is 164 cm³/mol. The molecule has 0 aliphatic carbocycles. The number of anilines is 1. The maximum Gasteiger partial charge on any atom is 0.270 e. The number of rotatable bonds is 9. The van der Waals surface area contributed by atoms with Crippen molar-refractivity contribution < 1.29 is 14.3 Å². The Kier molecular flexibility index (Phi) is 9.72. The summed E-state index contributed by atoms with van der Waals surface area (Å²) in [6.45, 7) is 10.0. The lowest BCUT2D eigenvalue weighted by molar-refractivity contribution is -0.122. The number of carbonyl (C=O) groups excluding carboxylic acids is 1. The minimum atomic E-state index is -0.292. The molecule has 10 heteroatoms. The molecule has 40 heavy (non-hydrogen) atoms. The summed E-state index contributed by atoms with van der Waals surface area (Å²) in [5.74, 6) is 1.35. The lowest BCUT2D eigenvalue weighted by Gasteiger charge is -2.39. The fraction of sp³-hybridized carbons (Fsp3) is 0.467. The topological polar surface area (TPSA) is 87.8 Å². The van der Waals surface area contributed by atoms with Gasteiger partial charge in [0.25, 0.3) is 11.5 Å². The van der Waals surface area contributed by atoms with Crippen LogP contribution in [0.25, 0.3) is 6.08 Å². The summed E-state index contributed by atoms with van der Waals surface area (Å²) in [5, 5.41) is 9.94. The number of ether oxygens (including phenoxy) is 2. The van der Waals surface area contributed by atoms with Crippen LogP contribution >= 0.6 is 24.0 Å². The zero-order valence-electron chi connectivity index (χ0n) is 23.7. The number of thioether (sulfide) groups is 1. The highest BCUT2D eigenvalue weighted by Crippen LogP contribution is 2.36. The van der Waals surface area contributed by atoms with E-state index in [1.807, 2.05) is 44.2 Å². The zero-order chi connectivity index (χ0) is 29.0. The molecule has 0 spiro atoms. The van der Waals surface area contributed by atoms with E-state index in [9.17, 15) is 14.9 Å². The highest BCUT2D eigenvalue weighted by molar-refractivity contribution is 8.26. The zero-order valence-corrected chi connectivity index (χ0v) is 25.4. The maximum atomic E-state index is 13.6. The molecule has 2 aliphatic heterocycles. The molecule has 2 saturated heterocycles. The lowest BCUT2D eigenvalue weighted by atomic mass is 10.0. The van der Waals surface area contributed by atoms with Crippen LogP contribution in [0.5, 0.6) is 5.75 Å². The van der Waals surface area contributed by atoms with Crippen molar-refractivity contribution in [2.75, 3.05) is 31.6 Å². The molecule has 2 fully saturated rings. The number of benzene rings is 1. The minimum absolute atomic E-state index is 0.0292. The molecule has 2 unspecified atom stereocenters. The number of morpholine rings is 1. The number of methoxy groups -OCH3 is 1. The first-order valence-corrected chi connectivity index (χ1v) is 14.9. The molecular weight excluding hydrogens is 544 g/mol. The monoisotopic (exact) mass is 580 g/mol. The summed E-state index contributed by atoms with van der Waals surface area (Å²) < 4.78 is 13.4. The molecule has 8 nitrogen and oxygen atoms in total. The Balaban J connectivity index is 1.74. The maximum absolute atomic E-state index is 13.6. The summed E-state index contributed by atoms with van der Waals surface area (Å²) in [4.78, 5) is 31.4. The SMILES string of the molecule is CCCCn1c(N2CC(C)OC(C)C2)c(/C=C2/SC(=S)N(CCc3ccc(OC)cc3)C2=O)c(C)c(C#N)c1=O. The standard InChI is InChI=1S/C30H36N4O4S2/c1-6-7-13-33-27(32-17-19(2)38-20(3)18-32)24(21(4)25(16-31)28(33)35)15-26-29(36)34(30(39)40-26)14-12-22-8-10-23(37-5)11-9-22/h8-11,15,19-20H,6-7,12-14,17-18H2,1-5H3/b26-15+. The average Bonchev–Trinajstić information content (AvgIpc) is 3.19. The number of unbranched alkanes of at least 4 members (excludes halogenated alkanes) is 1. The van der Waals surface area contributed by atoms with Gasteiger partial charge in [0.2, 0.25) is 0 Å². The number of thiocarbonyl (C=S) groups is 1. The van der Waals surface area contributed by atoms with E-state index < -0.39 is 0 Å². The summed E-state index contributed by atoms with van der Waals surface area (Å²) in [5.41, 5.74) is 2.18. The van der Waals surface area contributed by atoms with E-state index in [0.717, 1.165) is 30.0 Å². The van der Waals surface area contributed by atoms with E-state index in [-0.39, 0.29) is 29.2 Å². The number of pyridine rings is 1. The van der Waals surface area contributed by atoms with Crippen LogP contribution in [-0.2, 0) is 22.5 Å². The van der Waals surface area contributed by atoms with Gasteiger partial charge in [-0.3, -0.25) is 19.1 Å². The first-order valence-electron chi connectivity index (χ1n) is 13.6. The van der Waals surface area contributed by atoms with Crippen molar-refractivity contribution in [3.8, 4) is 11.8 Å².